The molecule has 1 aliphatic heterocycles. The number of halogens is 1. The van der Waals surface area contributed by atoms with Crippen molar-refractivity contribution in [3.8, 4) is 68.8 Å². The zero-order valence-corrected chi connectivity index (χ0v) is 88.3. The number of aromatic nitrogens is 8. The molecule has 5 aliphatic rings. The van der Waals surface area contributed by atoms with Crippen LogP contribution in [-0.4, -0.2) is 83.5 Å². The Morgan fingerprint density at radius 2 is 0.735 bits per heavy atom. The maximum Gasteiger partial charge on any atom is 2.00 e. The van der Waals surface area contributed by atoms with E-state index in [-0.39, 0.29) is 109 Å². The molecule has 1 saturated heterocycles. The summed E-state index contributed by atoms with van der Waals surface area (Å²) in [5.41, 5.74) is 15.7. The molecule has 0 spiro atoms. The Bertz CT molecular complexity index is 5810. The summed E-state index contributed by atoms with van der Waals surface area (Å²) in [7, 11) is -0.436. The summed E-state index contributed by atoms with van der Waals surface area (Å²) in [4.78, 5) is 38.0. The van der Waals surface area contributed by atoms with Gasteiger partial charge in [0.25, 0.3) is 11.9 Å². The number of carboxylic acid groups (broad SMARTS) is 2. The van der Waals surface area contributed by atoms with E-state index in [1.807, 2.05) is 85.5 Å². The third-order valence-corrected chi connectivity index (χ3v) is 25.4. The maximum absolute atomic E-state index is 9.00. The third kappa shape index (κ3) is 27.9. The number of ether oxygens (including phenoxy) is 2. The number of hydrogen-bond acceptors (Lipinski definition) is 10. The van der Waals surface area contributed by atoms with Gasteiger partial charge in [-0.2, -0.15) is 0 Å². The second-order valence-electron chi connectivity index (χ2n) is 35.7. The van der Waals surface area contributed by atoms with Gasteiger partial charge in [-0.15, -0.1) is 0 Å². The van der Waals surface area contributed by atoms with E-state index in [1.165, 1.54) is 165 Å². The zero-order valence-electron chi connectivity index (χ0n) is 80.0. The summed E-state index contributed by atoms with van der Waals surface area (Å²) in [5, 5.41) is 19.5. The fourth-order valence-electron chi connectivity index (χ4n) is 17.5. The molecule has 0 radical (unpaired) electrons. The van der Waals surface area contributed by atoms with Crippen molar-refractivity contribution in [3.05, 3.63) is 289 Å². The van der Waals surface area contributed by atoms with Gasteiger partial charge in [0.15, 0.2) is 0 Å². The Balaban J connectivity index is 0.000000355. The Labute approximate surface area is 837 Å². The standard InChI is InChI=1S/C44H45BN4O3.C43H42N4O.C5H9Br.2C5H10.2C2H4O2.CH4.4CH3.2Os.Pd/c1-28(2)36-25-31(45-51-43(5,6)44(7,8)52-45)26-37(29(3)4)41(36)48-23-22-47-42(48)30-14-13-15-32(24-30)50-33-19-20-35-34-16-9-10-17-38(34)49(39(35)27-33)40-18-11-12-21-46-40;1-28(2)37-25-32(30-12-5-6-13-30)26-38(29(3)4)42(37)46-23-22-45-43(46)31-14-11-15-33(24-31)48-34-19-20-36-35-16-7-8-17-39(35)47(40(36)27-34)41-18-9-10-21-44-41;6-5-3-1-2-4-5;2*1-2-4-5-3-1;2*1-2(3)4;;;;;;;;/h9-29H,1-8H3;7-11,14-30H,5-6,12-13H2,1-4H3;5H,1-4H2;2*1-5H2;2*1H3,(H,3,4);1H4;4*1H3;;;/q;;;;;;;;4*-1;2*+2;. The summed E-state index contributed by atoms with van der Waals surface area (Å²) in [6.45, 7) is 28.8. The molecular weight excluding hydrogens is 2150 g/mol. The van der Waals surface area contributed by atoms with E-state index in [2.05, 4.69) is 273 Å². The minimum Gasteiger partial charge on any atom is -0.481 e. The van der Waals surface area contributed by atoms with Crippen molar-refractivity contribution in [1.82, 2.24) is 38.2 Å². The molecule has 132 heavy (non-hydrogen) atoms. The van der Waals surface area contributed by atoms with Crippen LogP contribution in [0, 0.1) is 29.7 Å². The van der Waals surface area contributed by atoms with Crippen LogP contribution in [-0.2, 0) is 78.9 Å². The van der Waals surface area contributed by atoms with Gasteiger partial charge >= 0.3 is 46.7 Å². The van der Waals surface area contributed by atoms with Gasteiger partial charge in [-0.3, -0.25) is 27.9 Å². The van der Waals surface area contributed by atoms with Crippen LogP contribution in [0.3, 0.4) is 0 Å². The van der Waals surface area contributed by atoms with Gasteiger partial charge in [0.05, 0.1) is 44.6 Å². The molecule has 7 heterocycles. The van der Waals surface area contributed by atoms with Crippen LogP contribution in [0.15, 0.2) is 231 Å². The average molecular weight is 2290 g/mol. The molecule has 6 aromatic heterocycles. The number of aliphatic carboxylic acids is 2. The van der Waals surface area contributed by atoms with Gasteiger partial charge < -0.3 is 58.7 Å². The number of para-hydroxylation sites is 2. The summed E-state index contributed by atoms with van der Waals surface area (Å²) in [5.74, 6) is 6.82. The summed E-state index contributed by atoms with van der Waals surface area (Å²) in [6, 6.07) is 67.5. The molecular formula is C111H140BBrN8O8Os2Pd. The smallest absolute Gasteiger partial charge is 0.481 e. The monoisotopic (exact) mass is 2290 g/mol. The van der Waals surface area contributed by atoms with E-state index in [9.17, 15) is 0 Å². The van der Waals surface area contributed by atoms with Gasteiger partial charge in [0.2, 0.25) is 0 Å². The first-order valence-electron chi connectivity index (χ1n) is 45.0. The van der Waals surface area contributed by atoms with Crippen LogP contribution >= 0.6 is 15.9 Å². The molecule has 4 saturated carbocycles. The van der Waals surface area contributed by atoms with Gasteiger partial charge in [-0.1, -0.05) is 266 Å². The van der Waals surface area contributed by atoms with E-state index in [0.29, 0.717) is 17.8 Å². The number of hydrogen-bond donors (Lipinski definition) is 2. The number of rotatable bonds is 16. The van der Waals surface area contributed by atoms with E-state index in [0.717, 1.165) is 115 Å². The third-order valence-electron chi connectivity index (χ3n) is 24.5. The largest absolute Gasteiger partial charge is 2.00 e. The molecule has 16 nitrogen and oxygen atoms in total. The minimum atomic E-state index is -0.833. The molecule has 0 unspecified atom stereocenters. The predicted octanol–water partition coefficient (Wildman–Crippen LogP) is 30.9. The number of carboxylic acids is 2. The van der Waals surface area contributed by atoms with Crippen molar-refractivity contribution in [2.24, 2.45) is 0 Å². The Kier molecular flexibility index (Phi) is 45.4. The average Bonchev–Trinajstić information content (AvgIpc) is 1.59. The van der Waals surface area contributed by atoms with Crippen molar-refractivity contribution in [2.45, 2.75) is 266 Å². The Hall–Kier alpha value is -8.98. The maximum atomic E-state index is 9.00. The molecule has 5 fully saturated rings. The molecule has 14 aromatic rings. The summed E-state index contributed by atoms with van der Waals surface area (Å²) >= 11 is 3.54. The summed E-state index contributed by atoms with van der Waals surface area (Å²) < 4.78 is 35.1. The van der Waals surface area contributed by atoms with Crippen molar-refractivity contribution in [2.75, 3.05) is 0 Å². The topological polar surface area (TPSA) is 183 Å². The number of imidazole rings is 2. The van der Waals surface area contributed by atoms with E-state index >= 15 is 0 Å². The van der Waals surface area contributed by atoms with Crippen molar-refractivity contribution in [3.63, 3.8) is 0 Å². The van der Waals surface area contributed by atoms with Gasteiger partial charge in [0, 0.05) is 121 Å². The Morgan fingerprint density at radius 1 is 0.409 bits per heavy atom. The molecule has 0 bridgehead atoms. The van der Waals surface area contributed by atoms with E-state index in [4.69, 9.17) is 48.6 Å². The molecule has 19 rings (SSSR count). The van der Waals surface area contributed by atoms with E-state index < -0.39 is 30.3 Å². The first kappa shape index (κ1) is 114. The molecule has 4 aliphatic carbocycles. The number of fused-ring (bicyclic) bond motifs is 6. The van der Waals surface area contributed by atoms with E-state index in [1.54, 1.807) is 0 Å². The Morgan fingerprint density at radius 3 is 1.07 bits per heavy atom. The van der Waals surface area contributed by atoms with Gasteiger partial charge in [-0.05, 0) is 201 Å². The van der Waals surface area contributed by atoms with Gasteiger partial charge in [0.1, 0.15) is 46.3 Å². The van der Waals surface area contributed by atoms with Crippen LogP contribution in [0.1, 0.15) is 277 Å². The predicted molar refractivity (Wildman–Crippen MR) is 545 cm³/mol. The summed E-state index contributed by atoms with van der Waals surface area (Å²) in [6.07, 6.45) is 37.6. The normalized spacial score (nSPS) is 14.4. The number of pyridine rings is 2. The zero-order chi connectivity index (χ0) is 87.8. The first-order valence-corrected chi connectivity index (χ1v) is 45.9. The number of carbonyl (C=O) groups is 2. The molecule has 708 valence electrons. The van der Waals surface area contributed by atoms with Gasteiger partial charge in [-0.25, -0.2) is 19.9 Å². The molecule has 2 N–H and O–H groups in total. The fraction of sp³-hybridized carbons (Fsp3) is 0.369. The van der Waals surface area contributed by atoms with Crippen LogP contribution in [0.5, 0.6) is 23.0 Å². The molecule has 8 aromatic carbocycles. The quantitative estimate of drug-likeness (QED) is 0.0531. The van der Waals surface area contributed by atoms with Crippen molar-refractivity contribution in [1.29, 1.82) is 0 Å². The number of benzene rings is 8. The molecule has 0 amide bonds. The number of alkyl halides is 1. The molecule has 21 heteroatoms. The minimum absolute atomic E-state index is 0. The van der Waals surface area contributed by atoms with Crippen LogP contribution in [0.2, 0.25) is 0 Å². The van der Waals surface area contributed by atoms with Crippen LogP contribution in [0.25, 0.3) is 89.4 Å². The van der Waals surface area contributed by atoms with Crippen molar-refractivity contribution >= 4 is 84.1 Å². The second-order valence-corrected chi connectivity index (χ2v) is 37.0. The molecule has 0 atom stereocenters. The first-order chi connectivity index (χ1) is 59.7. The SMILES string of the molecule is BrC1CCCC1.C.C1CCCC1.C1CCCC1.CC(=O)O.CC(=O)O.CC(C)c1cc(B2OC(C)(C)C(C)(C)O2)cc(C(C)C)c1-n1ccnc1-c1cccc(Oc2ccc3c4ccccc4n(-c4ccccn4)c3c2)c1.CC(C)c1cc(C2CCCC2)cc(C(C)C)c1-n1ccnc1-c1cccc(Oc2ccc3c4ccccc4n(-c4ccccn4)c3c2)c1.[CH3-].[CH3-].[CH3-].[CH3-].[Os+2].[Os+2].[Pd]. The van der Waals surface area contributed by atoms with Crippen molar-refractivity contribution < 1.29 is 98.6 Å². The second kappa shape index (κ2) is 52.8. The van der Waals surface area contributed by atoms with Crippen LogP contribution in [0.4, 0.5) is 0 Å². The van der Waals surface area contributed by atoms with Crippen LogP contribution < -0.4 is 14.9 Å². The number of nitrogens with zero attached hydrogens (tertiary/aromatic N) is 8. The fourth-order valence-corrected chi connectivity index (χ4v) is 18.2.